The van der Waals surface area contributed by atoms with Crippen molar-refractivity contribution in [1.82, 2.24) is 30.2 Å². The highest BCUT2D eigenvalue weighted by atomic mass is 32.1. The van der Waals surface area contributed by atoms with Crippen molar-refractivity contribution in [2.24, 2.45) is 0 Å². The van der Waals surface area contributed by atoms with Crippen molar-refractivity contribution in [1.29, 1.82) is 0 Å². The van der Waals surface area contributed by atoms with Gasteiger partial charge in [-0.05, 0) is 41.8 Å². The highest BCUT2D eigenvalue weighted by Crippen LogP contribution is 2.22. The molecule has 1 N–H and O–H groups in total. The molecule has 0 aliphatic rings. The zero-order chi connectivity index (χ0) is 19.7. The third-order valence-corrected chi connectivity index (χ3v) is 5.41. The molecule has 0 atom stereocenters. The number of thiazole rings is 1. The summed E-state index contributed by atoms with van der Waals surface area (Å²) in [6.45, 7) is 7.03. The van der Waals surface area contributed by atoms with Crippen LogP contribution in [0, 0.1) is 0 Å². The molecule has 4 rings (SSSR count). The second kappa shape index (κ2) is 7.47. The minimum atomic E-state index is -0.0990. The van der Waals surface area contributed by atoms with E-state index >= 15 is 0 Å². The van der Waals surface area contributed by atoms with Crippen molar-refractivity contribution in [3.8, 4) is 11.4 Å². The van der Waals surface area contributed by atoms with E-state index < -0.39 is 0 Å². The molecule has 0 saturated carbocycles. The first kappa shape index (κ1) is 18.2. The van der Waals surface area contributed by atoms with E-state index in [0.717, 1.165) is 28.3 Å². The Balaban J connectivity index is 1.75. The number of fused-ring (bicyclic) bond motifs is 1. The zero-order valence-electron chi connectivity index (χ0n) is 15.9. The molecular weight excluding hydrogens is 372 g/mol. The van der Waals surface area contributed by atoms with Crippen LogP contribution in [0.3, 0.4) is 0 Å². The maximum absolute atomic E-state index is 12.9. The third kappa shape index (κ3) is 3.38. The lowest BCUT2D eigenvalue weighted by Crippen LogP contribution is -2.12. The molecule has 3 aromatic heterocycles. The fraction of sp³-hybridized carbons (Fsp3) is 0.250. The van der Waals surface area contributed by atoms with Crippen LogP contribution in [-0.4, -0.2) is 30.2 Å². The molecule has 7 nitrogen and oxygen atoms in total. The largest absolute Gasteiger partial charge is 0.347 e. The molecule has 1 aromatic carbocycles. The maximum Gasteiger partial charge on any atom is 0.210 e. The Morgan fingerprint density at radius 1 is 1.29 bits per heavy atom. The standard InChI is InChI=1S/C20H20N6OS/c1-4-26-10-15(20-22-24-25-23-20)19(27)14-7-5-13(9-17(14)26)6-8-18-21-16(11-28-18)12(2)3/h5-12H,4H2,1-3H3,(H,22,23,24,25). The maximum atomic E-state index is 12.9. The van der Waals surface area contributed by atoms with E-state index in [1.807, 2.05) is 41.8 Å². The number of H-pyrrole nitrogens is 1. The van der Waals surface area contributed by atoms with Crippen LogP contribution < -0.4 is 5.43 Å². The molecule has 3 heterocycles. The van der Waals surface area contributed by atoms with Crippen molar-refractivity contribution in [3.63, 3.8) is 0 Å². The van der Waals surface area contributed by atoms with Gasteiger partial charge in [0.05, 0.1) is 16.8 Å². The van der Waals surface area contributed by atoms with Gasteiger partial charge < -0.3 is 4.57 Å². The Morgan fingerprint density at radius 3 is 2.82 bits per heavy atom. The summed E-state index contributed by atoms with van der Waals surface area (Å²) >= 11 is 1.64. The second-order valence-corrected chi connectivity index (χ2v) is 7.66. The smallest absolute Gasteiger partial charge is 0.210 e. The summed E-state index contributed by atoms with van der Waals surface area (Å²) in [5.74, 6) is 0.731. The van der Waals surface area contributed by atoms with E-state index in [1.165, 1.54) is 0 Å². The molecule has 0 aliphatic carbocycles. The molecule has 0 aliphatic heterocycles. The third-order valence-electron chi connectivity index (χ3n) is 4.58. The van der Waals surface area contributed by atoms with Crippen molar-refractivity contribution < 1.29 is 0 Å². The van der Waals surface area contributed by atoms with E-state index in [9.17, 15) is 4.79 Å². The van der Waals surface area contributed by atoms with E-state index in [1.54, 1.807) is 17.5 Å². The van der Waals surface area contributed by atoms with Crippen molar-refractivity contribution in [3.05, 3.63) is 56.3 Å². The summed E-state index contributed by atoms with van der Waals surface area (Å²) in [6.07, 6.45) is 5.83. The number of aromatic amines is 1. The van der Waals surface area contributed by atoms with Crippen LogP contribution in [0.25, 0.3) is 34.4 Å². The molecule has 0 spiro atoms. The number of hydrogen-bond acceptors (Lipinski definition) is 6. The van der Waals surface area contributed by atoms with Gasteiger partial charge >= 0.3 is 0 Å². The highest BCUT2D eigenvalue weighted by Gasteiger charge is 2.13. The lowest BCUT2D eigenvalue weighted by Gasteiger charge is -2.11. The molecule has 0 fully saturated rings. The predicted octanol–water partition coefficient (Wildman–Crippen LogP) is 3.95. The number of aromatic nitrogens is 6. The van der Waals surface area contributed by atoms with Gasteiger partial charge in [0.15, 0.2) is 0 Å². The fourth-order valence-corrected chi connectivity index (χ4v) is 3.89. The zero-order valence-corrected chi connectivity index (χ0v) is 16.7. The summed E-state index contributed by atoms with van der Waals surface area (Å²) in [6, 6.07) is 5.82. The Kier molecular flexibility index (Phi) is 4.87. The summed E-state index contributed by atoms with van der Waals surface area (Å²) in [5.41, 5.74) is 3.34. The molecule has 0 bridgehead atoms. The van der Waals surface area contributed by atoms with Gasteiger partial charge in [-0.2, -0.15) is 5.21 Å². The Bertz CT molecular complexity index is 1200. The van der Waals surface area contributed by atoms with Crippen LogP contribution >= 0.6 is 11.3 Å². The molecular formula is C20H20N6OS. The van der Waals surface area contributed by atoms with Crippen LogP contribution in [-0.2, 0) is 6.54 Å². The fourth-order valence-electron chi connectivity index (χ4n) is 3.02. The first-order chi connectivity index (χ1) is 13.6. The molecule has 142 valence electrons. The van der Waals surface area contributed by atoms with Gasteiger partial charge in [0.1, 0.15) is 5.01 Å². The Morgan fingerprint density at radius 2 is 2.14 bits per heavy atom. The average molecular weight is 392 g/mol. The number of benzene rings is 1. The van der Waals surface area contributed by atoms with Crippen LogP contribution in [0.4, 0.5) is 0 Å². The summed E-state index contributed by atoms with van der Waals surface area (Å²) in [7, 11) is 0. The molecule has 0 saturated heterocycles. The van der Waals surface area contributed by atoms with Crippen LogP contribution in [0.2, 0.25) is 0 Å². The molecule has 28 heavy (non-hydrogen) atoms. The highest BCUT2D eigenvalue weighted by molar-refractivity contribution is 7.10. The molecule has 0 amide bonds. The minimum absolute atomic E-state index is 0.0990. The van der Waals surface area contributed by atoms with Crippen LogP contribution in [0.15, 0.2) is 34.6 Å². The minimum Gasteiger partial charge on any atom is -0.347 e. The number of pyridine rings is 1. The summed E-state index contributed by atoms with van der Waals surface area (Å²) in [4.78, 5) is 17.5. The quantitative estimate of drug-likeness (QED) is 0.555. The lowest BCUT2D eigenvalue weighted by atomic mass is 10.1. The lowest BCUT2D eigenvalue weighted by molar-refractivity contribution is 0.788. The molecule has 8 heteroatoms. The molecule has 4 aromatic rings. The number of hydrogen-bond donors (Lipinski definition) is 1. The first-order valence-corrected chi connectivity index (χ1v) is 9.99. The van der Waals surface area contributed by atoms with Gasteiger partial charge in [0.25, 0.3) is 0 Å². The molecule has 0 radical (unpaired) electrons. The second-order valence-electron chi connectivity index (χ2n) is 6.77. The van der Waals surface area contributed by atoms with E-state index in [-0.39, 0.29) is 5.43 Å². The number of tetrazole rings is 1. The predicted molar refractivity (Wildman–Crippen MR) is 112 cm³/mol. The monoisotopic (exact) mass is 392 g/mol. The Hall–Kier alpha value is -3.13. The van der Waals surface area contributed by atoms with Crippen molar-refractivity contribution in [2.75, 3.05) is 0 Å². The van der Waals surface area contributed by atoms with Crippen LogP contribution in [0.1, 0.15) is 43.0 Å². The number of aryl methyl sites for hydroxylation is 1. The van der Waals surface area contributed by atoms with Crippen LogP contribution in [0.5, 0.6) is 0 Å². The van der Waals surface area contributed by atoms with Gasteiger partial charge in [-0.1, -0.05) is 26.0 Å². The number of rotatable bonds is 5. The van der Waals surface area contributed by atoms with Gasteiger partial charge in [-0.25, -0.2) is 4.98 Å². The van der Waals surface area contributed by atoms with E-state index in [2.05, 4.69) is 44.8 Å². The first-order valence-electron chi connectivity index (χ1n) is 9.11. The number of nitrogens with one attached hydrogen (secondary N) is 1. The average Bonchev–Trinajstić information content (AvgIpc) is 3.39. The molecule has 0 unspecified atom stereocenters. The normalized spacial score (nSPS) is 11.9. The van der Waals surface area contributed by atoms with Gasteiger partial charge in [0, 0.05) is 23.5 Å². The van der Waals surface area contributed by atoms with Gasteiger partial charge in [0.2, 0.25) is 11.3 Å². The summed E-state index contributed by atoms with van der Waals surface area (Å²) in [5, 5.41) is 17.6. The topological polar surface area (TPSA) is 89.4 Å². The van der Waals surface area contributed by atoms with Gasteiger partial charge in [-0.15, -0.1) is 21.5 Å². The SMILES string of the molecule is CCn1cc(-c2nn[nH]n2)c(=O)c2ccc(C=Cc3nc(C(C)C)cs3)cc21. The Labute approximate surface area is 165 Å². The summed E-state index contributed by atoms with van der Waals surface area (Å²) < 4.78 is 2.03. The number of nitrogens with zero attached hydrogens (tertiary/aromatic N) is 5. The van der Waals surface area contributed by atoms with E-state index in [0.29, 0.717) is 22.7 Å². The van der Waals surface area contributed by atoms with Crippen molar-refractivity contribution in [2.45, 2.75) is 33.2 Å². The van der Waals surface area contributed by atoms with E-state index in [4.69, 9.17) is 0 Å². The van der Waals surface area contributed by atoms with Gasteiger partial charge in [-0.3, -0.25) is 4.79 Å². The van der Waals surface area contributed by atoms with Crippen molar-refractivity contribution >= 4 is 34.4 Å².